The summed E-state index contributed by atoms with van der Waals surface area (Å²) in [5.41, 5.74) is 1.77. The van der Waals surface area contributed by atoms with Gasteiger partial charge in [-0.1, -0.05) is 25.0 Å². The Morgan fingerprint density at radius 3 is 2.69 bits per heavy atom. The molecule has 26 heavy (non-hydrogen) atoms. The van der Waals surface area contributed by atoms with E-state index < -0.39 is 0 Å². The minimum absolute atomic E-state index is 0.0809. The molecule has 1 aliphatic carbocycles. The Labute approximate surface area is 151 Å². The van der Waals surface area contributed by atoms with Crippen molar-refractivity contribution in [3.8, 4) is 0 Å². The fraction of sp³-hybridized carbons (Fsp3) is 0.450. The van der Waals surface area contributed by atoms with Crippen molar-refractivity contribution >= 4 is 17.4 Å². The van der Waals surface area contributed by atoms with E-state index in [-0.39, 0.29) is 35.8 Å². The van der Waals surface area contributed by atoms with Crippen LogP contribution in [0.1, 0.15) is 54.4 Å². The number of ketones is 1. The molecule has 1 amide bonds. The van der Waals surface area contributed by atoms with E-state index in [1.54, 1.807) is 28.9 Å². The van der Waals surface area contributed by atoms with Gasteiger partial charge in [-0.05, 0) is 24.5 Å². The van der Waals surface area contributed by atoms with Crippen LogP contribution >= 0.6 is 0 Å². The van der Waals surface area contributed by atoms with Crippen molar-refractivity contribution in [2.45, 2.75) is 43.9 Å². The van der Waals surface area contributed by atoms with Crippen molar-refractivity contribution in [2.24, 2.45) is 7.05 Å². The van der Waals surface area contributed by atoms with Gasteiger partial charge in [-0.15, -0.1) is 0 Å². The summed E-state index contributed by atoms with van der Waals surface area (Å²) < 4.78 is 16.1. The number of nitrogens with zero attached hydrogens (tertiary/aromatic N) is 3. The molecule has 1 aromatic carbocycles. The monoisotopic (exact) mass is 355 g/mol. The summed E-state index contributed by atoms with van der Waals surface area (Å²) in [5, 5.41) is 3.98. The molecular weight excluding hydrogens is 333 g/mol. The Morgan fingerprint density at radius 1 is 1.23 bits per heavy atom. The number of hydrogen-bond donors (Lipinski definition) is 0. The predicted octanol–water partition coefficient (Wildman–Crippen LogP) is 3.38. The van der Waals surface area contributed by atoms with Crippen LogP contribution in [0.25, 0.3) is 0 Å². The molecule has 0 bridgehead atoms. The number of rotatable bonds is 4. The quantitative estimate of drug-likeness (QED) is 0.790. The van der Waals surface area contributed by atoms with Crippen molar-refractivity contribution in [3.05, 3.63) is 47.5 Å². The highest BCUT2D eigenvalue weighted by Crippen LogP contribution is 2.51. The van der Waals surface area contributed by atoms with Crippen molar-refractivity contribution < 1.29 is 14.0 Å². The average molecular weight is 355 g/mol. The first-order chi connectivity index (χ1) is 12.5. The number of amides is 1. The number of aromatic nitrogens is 2. The molecule has 5 nitrogen and oxygen atoms in total. The van der Waals surface area contributed by atoms with Gasteiger partial charge in [0.2, 0.25) is 5.91 Å². The Bertz CT molecular complexity index is 868. The van der Waals surface area contributed by atoms with Gasteiger partial charge < -0.3 is 4.90 Å². The second kappa shape index (κ2) is 6.34. The lowest BCUT2D eigenvalue weighted by Crippen LogP contribution is -2.35. The van der Waals surface area contributed by atoms with Gasteiger partial charge in [-0.25, -0.2) is 4.39 Å². The Balaban J connectivity index is 1.53. The molecule has 1 spiro atoms. The van der Waals surface area contributed by atoms with Gasteiger partial charge in [0.05, 0.1) is 17.4 Å². The molecule has 0 atom stereocenters. The highest BCUT2D eigenvalue weighted by Gasteiger charge is 2.47. The molecule has 1 aromatic heterocycles. The number of fused-ring (bicyclic) bond motifs is 2. The highest BCUT2D eigenvalue weighted by molar-refractivity contribution is 6.01. The molecule has 2 aromatic rings. The number of benzene rings is 1. The Hall–Kier alpha value is -2.50. The molecule has 2 aliphatic rings. The molecule has 6 heteroatoms. The number of anilines is 1. The topological polar surface area (TPSA) is 55.2 Å². The van der Waals surface area contributed by atoms with Crippen LogP contribution in [-0.4, -0.2) is 28.0 Å². The summed E-state index contributed by atoms with van der Waals surface area (Å²) in [5.74, 6) is -0.648. The van der Waals surface area contributed by atoms with Crippen LogP contribution in [0.3, 0.4) is 0 Å². The minimum Gasteiger partial charge on any atom is -0.309 e. The second-order valence-corrected chi connectivity index (χ2v) is 7.43. The van der Waals surface area contributed by atoms with Gasteiger partial charge in [0, 0.05) is 38.0 Å². The summed E-state index contributed by atoms with van der Waals surface area (Å²) >= 11 is 0. The lowest BCUT2D eigenvalue weighted by molar-refractivity contribution is -0.118. The van der Waals surface area contributed by atoms with Crippen LogP contribution in [0.5, 0.6) is 0 Å². The second-order valence-electron chi connectivity index (χ2n) is 7.43. The summed E-state index contributed by atoms with van der Waals surface area (Å²) in [6.45, 7) is 0.531. The smallest absolute Gasteiger partial charge is 0.227 e. The number of aryl methyl sites for hydroxylation is 1. The van der Waals surface area contributed by atoms with Crippen molar-refractivity contribution in [1.29, 1.82) is 0 Å². The maximum absolute atomic E-state index is 14.5. The summed E-state index contributed by atoms with van der Waals surface area (Å²) in [7, 11) is 1.74. The molecule has 0 unspecified atom stereocenters. The zero-order valence-corrected chi connectivity index (χ0v) is 14.9. The lowest BCUT2D eigenvalue weighted by atomic mass is 9.81. The molecule has 4 rings (SSSR count). The molecule has 1 fully saturated rings. The van der Waals surface area contributed by atoms with Gasteiger partial charge in [-0.3, -0.25) is 14.3 Å². The Morgan fingerprint density at radius 2 is 2.00 bits per heavy atom. The molecule has 1 saturated carbocycles. The standard InChI is InChI=1S/C20H22FN3O2/c1-23-12-14(11-22-23)17(25)7-8-18(26)24-13-20(9-2-3-10-20)15-5-4-6-16(21)19(15)24/h4-6,11-12H,2-3,7-10,13H2,1H3. The third-order valence-electron chi connectivity index (χ3n) is 5.74. The number of hydrogen-bond acceptors (Lipinski definition) is 3. The lowest BCUT2D eigenvalue weighted by Gasteiger charge is -2.24. The average Bonchev–Trinajstić information content (AvgIpc) is 3.34. The number of Topliss-reactive ketones (excluding diaryl/α,β-unsaturated/α-hetero) is 1. The van der Waals surface area contributed by atoms with E-state index in [4.69, 9.17) is 0 Å². The first-order valence-electron chi connectivity index (χ1n) is 9.11. The minimum atomic E-state index is -0.349. The summed E-state index contributed by atoms with van der Waals surface area (Å²) in [6.07, 6.45) is 7.53. The molecule has 136 valence electrons. The van der Waals surface area contributed by atoms with Crippen molar-refractivity contribution in [2.75, 3.05) is 11.4 Å². The summed E-state index contributed by atoms with van der Waals surface area (Å²) in [4.78, 5) is 26.6. The number of halogens is 1. The van der Waals surface area contributed by atoms with Gasteiger partial charge in [0.1, 0.15) is 5.82 Å². The van der Waals surface area contributed by atoms with E-state index in [1.165, 1.54) is 12.3 Å². The Kier molecular flexibility index (Phi) is 4.13. The van der Waals surface area contributed by atoms with Gasteiger partial charge in [0.25, 0.3) is 0 Å². The molecule has 0 radical (unpaired) electrons. The maximum Gasteiger partial charge on any atom is 0.227 e. The van der Waals surface area contributed by atoms with E-state index in [9.17, 15) is 14.0 Å². The molecular formula is C20H22FN3O2. The van der Waals surface area contributed by atoms with Crippen LogP contribution in [-0.2, 0) is 17.3 Å². The van der Waals surface area contributed by atoms with Crippen LogP contribution < -0.4 is 4.90 Å². The van der Waals surface area contributed by atoms with Crippen LogP contribution in [0.4, 0.5) is 10.1 Å². The first-order valence-corrected chi connectivity index (χ1v) is 9.11. The highest BCUT2D eigenvalue weighted by atomic mass is 19.1. The summed E-state index contributed by atoms with van der Waals surface area (Å²) in [6, 6.07) is 5.10. The number of para-hydroxylation sites is 1. The molecule has 1 aliphatic heterocycles. The predicted molar refractivity (Wildman–Crippen MR) is 95.7 cm³/mol. The van der Waals surface area contributed by atoms with E-state index in [0.29, 0.717) is 17.8 Å². The van der Waals surface area contributed by atoms with E-state index in [1.807, 2.05) is 6.07 Å². The van der Waals surface area contributed by atoms with Gasteiger partial charge in [0.15, 0.2) is 5.78 Å². The molecule has 0 N–H and O–H groups in total. The zero-order valence-electron chi connectivity index (χ0n) is 14.9. The fourth-order valence-electron chi connectivity index (χ4n) is 4.44. The third kappa shape index (κ3) is 2.73. The largest absolute Gasteiger partial charge is 0.309 e. The normalized spacial score (nSPS) is 17.7. The van der Waals surface area contributed by atoms with Crippen LogP contribution in [0.15, 0.2) is 30.6 Å². The maximum atomic E-state index is 14.5. The van der Waals surface area contributed by atoms with E-state index in [2.05, 4.69) is 5.10 Å². The fourth-order valence-corrected chi connectivity index (χ4v) is 4.44. The molecule has 0 saturated heterocycles. The number of carbonyl (C=O) groups is 2. The van der Waals surface area contributed by atoms with Crippen LogP contribution in [0.2, 0.25) is 0 Å². The molecule has 2 heterocycles. The number of carbonyl (C=O) groups excluding carboxylic acids is 2. The van der Waals surface area contributed by atoms with Crippen LogP contribution in [0, 0.1) is 5.82 Å². The van der Waals surface area contributed by atoms with E-state index >= 15 is 0 Å². The van der Waals surface area contributed by atoms with Gasteiger partial charge >= 0.3 is 0 Å². The van der Waals surface area contributed by atoms with Crippen molar-refractivity contribution in [1.82, 2.24) is 9.78 Å². The first kappa shape index (κ1) is 16.9. The van der Waals surface area contributed by atoms with Gasteiger partial charge in [-0.2, -0.15) is 5.10 Å². The van der Waals surface area contributed by atoms with E-state index in [0.717, 1.165) is 31.2 Å². The zero-order chi connectivity index (χ0) is 18.3. The van der Waals surface area contributed by atoms with Crippen molar-refractivity contribution in [3.63, 3.8) is 0 Å². The SMILES string of the molecule is Cn1cc(C(=O)CCC(=O)N2CC3(CCCC3)c3cccc(F)c32)cn1. The third-order valence-corrected chi connectivity index (χ3v) is 5.74.